The maximum Gasteiger partial charge on any atom is 0.338 e. The molecule has 1 fully saturated rings. The maximum absolute atomic E-state index is 14.2. The molecule has 0 radical (unpaired) electrons. The molecule has 1 aliphatic heterocycles. The highest BCUT2D eigenvalue weighted by atomic mass is 35.5. The fourth-order valence-electron chi connectivity index (χ4n) is 2.10. The fraction of sp³-hybridized carbons (Fsp3) is 0.417. The summed E-state index contributed by atoms with van der Waals surface area (Å²) in [5.74, 6) is -2.90. The van der Waals surface area contributed by atoms with Gasteiger partial charge in [0.05, 0.1) is 18.8 Å². The van der Waals surface area contributed by atoms with Crippen molar-refractivity contribution in [1.82, 2.24) is 4.31 Å². The van der Waals surface area contributed by atoms with Crippen molar-refractivity contribution >= 4 is 27.6 Å². The number of carboxylic acids is 1. The number of morpholine rings is 1. The summed E-state index contributed by atoms with van der Waals surface area (Å²) >= 11 is 5.71. The van der Waals surface area contributed by atoms with Gasteiger partial charge in [-0.2, -0.15) is 4.31 Å². The Bertz CT molecular complexity index is 678. The number of hydrogen-bond acceptors (Lipinski definition) is 4. The lowest BCUT2D eigenvalue weighted by molar-refractivity contribution is 0.0391. The molecule has 116 valence electrons. The average Bonchev–Trinajstić information content (AvgIpc) is 2.40. The van der Waals surface area contributed by atoms with Crippen molar-refractivity contribution in [1.29, 1.82) is 0 Å². The predicted molar refractivity (Wildman–Crippen MR) is 72.5 cm³/mol. The van der Waals surface area contributed by atoms with Gasteiger partial charge in [0, 0.05) is 17.6 Å². The van der Waals surface area contributed by atoms with Crippen LogP contribution < -0.4 is 0 Å². The van der Waals surface area contributed by atoms with Crippen LogP contribution in [0, 0.1) is 5.82 Å². The van der Waals surface area contributed by atoms with Gasteiger partial charge >= 0.3 is 5.97 Å². The normalized spacial score (nSPS) is 20.4. The van der Waals surface area contributed by atoms with Gasteiger partial charge in [0.1, 0.15) is 4.90 Å². The molecule has 1 atom stereocenters. The minimum Gasteiger partial charge on any atom is -0.478 e. The molecule has 0 bridgehead atoms. The van der Waals surface area contributed by atoms with E-state index >= 15 is 0 Å². The van der Waals surface area contributed by atoms with Gasteiger partial charge in [0.25, 0.3) is 0 Å². The number of carboxylic acid groups (broad SMARTS) is 1. The molecule has 2 rings (SSSR count). The van der Waals surface area contributed by atoms with Gasteiger partial charge in [-0.1, -0.05) is 11.6 Å². The van der Waals surface area contributed by atoms with Crippen molar-refractivity contribution in [3.8, 4) is 0 Å². The summed E-state index contributed by atoms with van der Waals surface area (Å²) < 4.78 is 45.5. The third-order valence-electron chi connectivity index (χ3n) is 3.13. The first-order valence-corrected chi connectivity index (χ1v) is 7.89. The maximum atomic E-state index is 14.2. The molecular formula is C12H13ClFNO5S. The van der Waals surface area contributed by atoms with E-state index in [0.29, 0.717) is 0 Å². The van der Waals surface area contributed by atoms with Gasteiger partial charge in [0.2, 0.25) is 10.0 Å². The number of sulfonamides is 1. The Morgan fingerprint density at radius 3 is 2.76 bits per heavy atom. The summed E-state index contributed by atoms with van der Waals surface area (Å²) in [7, 11) is -4.19. The highest BCUT2D eigenvalue weighted by Crippen LogP contribution is 2.28. The molecule has 0 amide bonds. The van der Waals surface area contributed by atoms with Crippen LogP contribution in [0.1, 0.15) is 17.3 Å². The Labute approximate surface area is 126 Å². The number of hydrogen-bond donors (Lipinski definition) is 1. The summed E-state index contributed by atoms with van der Waals surface area (Å²) in [5.41, 5.74) is -0.776. The van der Waals surface area contributed by atoms with E-state index < -0.39 is 38.3 Å². The lowest BCUT2D eigenvalue weighted by Gasteiger charge is -2.32. The molecule has 0 unspecified atom stereocenters. The minimum absolute atomic E-state index is 0.0673. The third kappa shape index (κ3) is 3.03. The van der Waals surface area contributed by atoms with Crippen molar-refractivity contribution in [2.75, 3.05) is 19.8 Å². The largest absolute Gasteiger partial charge is 0.478 e. The summed E-state index contributed by atoms with van der Waals surface area (Å²) in [6.45, 7) is 2.07. The van der Waals surface area contributed by atoms with Crippen LogP contribution in [0.5, 0.6) is 0 Å². The minimum atomic E-state index is -4.19. The van der Waals surface area contributed by atoms with Gasteiger partial charge in [-0.15, -0.1) is 0 Å². The quantitative estimate of drug-likeness (QED) is 0.905. The van der Waals surface area contributed by atoms with Gasteiger partial charge < -0.3 is 9.84 Å². The zero-order chi connectivity index (χ0) is 15.8. The van der Waals surface area contributed by atoms with Crippen molar-refractivity contribution in [3.05, 3.63) is 28.5 Å². The standard InChI is InChI=1S/C12H13ClFNO5S/c1-7-6-20-3-2-15(7)21(18,19)10-5-8(13)4-9(11(10)14)12(16)17/h4-5,7H,2-3,6H2,1H3,(H,16,17)/t7-/m1/s1. The van der Waals surface area contributed by atoms with Crippen molar-refractivity contribution in [2.45, 2.75) is 17.9 Å². The molecule has 0 aliphatic carbocycles. The molecule has 21 heavy (non-hydrogen) atoms. The third-order valence-corrected chi connectivity index (χ3v) is 5.36. The van der Waals surface area contributed by atoms with Crippen LogP contribution in [0.3, 0.4) is 0 Å². The number of carbonyl (C=O) groups is 1. The van der Waals surface area contributed by atoms with E-state index in [-0.39, 0.29) is 24.8 Å². The number of aromatic carboxylic acids is 1. The monoisotopic (exact) mass is 337 g/mol. The zero-order valence-corrected chi connectivity index (χ0v) is 12.6. The van der Waals surface area contributed by atoms with Gasteiger partial charge in [-0.25, -0.2) is 17.6 Å². The molecule has 1 heterocycles. The number of rotatable bonds is 3. The lowest BCUT2D eigenvalue weighted by Crippen LogP contribution is -2.47. The predicted octanol–water partition coefficient (Wildman–Crippen LogP) is 1.59. The Hall–Kier alpha value is -1.22. The molecule has 6 nitrogen and oxygen atoms in total. The molecule has 1 aromatic rings. The zero-order valence-electron chi connectivity index (χ0n) is 11.0. The molecule has 1 aliphatic rings. The SMILES string of the molecule is C[C@@H]1COCCN1S(=O)(=O)c1cc(Cl)cc(C(=O)O)c1F. The average molecular weight is 338 g/mol. The molecule has 0 spiro atoms. The Balaban J connectivity index is 2.57. The van der Waals surface area contributed by atoms with Crippen LogP contribution in [-0.4, -0.2) is 49.6 Å². The second-order valence-electron chi connectivity index (χ2n) is 4.61. The van der Waals surface area contributed by atoms with E-state index in [2.05, 4.69) is 0 Å². The number of nitrogens with zero attached hydrogens (tertiary/aromatic N) is 1. The topological polar surface area (TPSA) is 83.9 Å². The number of benzene rings is 1. The molecule has 1 saturated heterocycles. The number of halogens is 2. The molecule has 1 aromatic carbocycles. The van der Waals surface area contributed by atoms with E-state index in [1.807, 2.05) is 0 Å². The molecule has 9 heteroatoms. The van der Waals surface area contributed by atoms with Crippen LogP contribution in [-0.2, 0) is 14.8 Å². The first kappa shape index (κ1) is 16.2. The fourth-order valence-corrected chi connectivity index (χ4v) is 4.10. The van der Waals surface area contributed by atoms with Crippen molar-refractivity contribution in [3.63, 3.8) is 0 Å². The van der Waals surface area contributed by atoms with Gasteiger partial charge in [-0.05, 0) is 19.1 Å². The first-order chi connectivity index (χ1) is 9.75. The van der Waals surface area contributed by atoms with Crippen molar-refractivity contribution < 1.29 is 27.4 Å². The summed E-state index contributed by atoms with van der Waals surface area (Å²) in [4.78, 5) is 10.2. The summed E-state index contributed by atoms with van der Waals surface area (Å²) in [5, 5.41) is 8.76. The first-order valence-electron chi connectivity index (χ1n) is 6.07. The van der Waals surface area contributed by atoms with Crippen LogP contribution in [0.2, 0.25) is 5.02 Å². The smallest absolute Gasteiger partial charge is 0.338 e. The van der Waals surface area contributed by atoms with Crippen LogP contribution >= 0.6 is 11.6 Å². The summed E-state index contributed by atoms with van der Waals surface area (Å²) in [6, 6.07) is 1.32. The Morgan fingerprint density at radius 2 is 2.19 bits per heavy atom. The van der Waals surface area contributed by atoms with Crippen molar-refractivity contribution in [2.24, 2.45) is 0 Å². The highest BCUT2D eigenvalue weighted by molar-refractivity contribution is 7.89. The van der Waals surface area contributed by atoms with Crippen LogP contribution in [0.15, 0.2) is 17.0 Å². The van der Waals surface area contributed by atoms with E-state index in [9.17, 15) is 17.6 Å². The second-order valence-corrected chi connectivity index (χ2v) is 6.91. The van der Waals surface area contributed by atoms with Crippen LogP contribution in [0.4, 0.5) is 4.39 Å². The van der Waals surface area contributed by atoms with E-state index in [1.165, 1.54) is 0 Å². The Kier molecular flexibility index (Phi) is 4.52. The second kappa shape index (κ2) is 5.88. The lowest BCUT2D eigenvalue weighted by atomic mass is 10.2. The molecular weight excluding hydrogens is 325 g/mol. The Morgan fingerprint density at radius 1 is 1.52 bits per heavy atom. The summed E-state index contributed by atoms with van der Waals surface area (Å²) in [6.07, 6.45) is 0. The molecule has 1 N–H and O–H groups in total. The van der Waals surface area contributed by atoms with Gasteiger partial charge in [-0.3, -0.25) is 0 Å². The van der Waals surface area contributed by atoms with Gasteiger partial charge in [0.15, 0.2) is 5.82 Å². The molecule has 0 aromatic heterocycles. The van der Waals surface area contributed by atoms with Crippen LogP contribution in [0.25, 0.3) is 0 Å². The van der Waals surface area contributed by atoms with E-state index in [1.54, 1.807) is 6.92 Å². The highest BCUT2D eigenvalue weighted by Gasteiger charge is 2.35. The molecule has 0 saturated carbocycles. The van der Waals surface area contributed by atoms with E-state index in [4.69, 9.17) is 21.4 Å². The van der Waals surface area contributed by atoms with E-state index in [0.717, 1.165) is 16.4 Å². The number of ether oxygens (including phenoxy) is 1.